The van der Waals surface area contributed by atoms with Gasteiger partial charge in [0.15, 0.2) is 0 Å². The zero-order valence-corrected chi connectivity index (χ0v) is 7.57. The number of fused-ring (bicyclic) bond motifs is 1. The van der Waals surface area contributed by atoms with E-state index in [9.17, 15) is 0 Å². The molecule has 1 heteroatoms. The number of hydrogen-bond acceptors (Lipinski definition) is 0. The van der Waals surface area contributed by atoms with E-state index >= 15 is 0 Å². The zero-order valence-electron chi connectivity index (χ0n) is 7.57. The van der Waals surface area contributed by atoms with Crippen LogP contribution in [0.25, 0.3) is 0 Å². The minimum absolute atomic E-state index is 1.29. The third-order valence-electron chi connectivity index (χ3n) is 3.09. The van der Waals surface area contributed by atoms with Crippen LogP contribution in [0.4, 0.5) is 0 Å². The monoisotopic (exact) mass is 149 g/mol. The van der Waals surface area contributed by atoms with Gasteiger partial charge in [-0.3, -0.25) is 0 Å². The molecule has 0 spiro atoms. The van der Waals surface area contributed by atoms with Crippen molar-refractivity contribution in [3.63, 3.8) is 0 Å². The Balaban J connectivity index is 2.68. The normalized spacial score (nSPS) is 15.5. The molecule has 1 aliphatic carbocycles. The molecule has 1 aromatic rings. The second-order valence-electron chi connectivity index (χ2n) is 3.55. The van der Waals surface area contributed by atoms with Crippen molar-refractivity contribution < 1.29 is 0 Å². The summed E-state index contributed by atoms with van der Waals surface area (Å²) in [5, 5.41) is 0. The highest BCUT2D eigenvalue weighted by molar-refractivity contribution is 5.39. The summed E-state index contributed by atoms with van der Waals surface area (Å²) in [7, 11) is 2.19. The molecule has 0 bridgehead atoms. The lowest BCUT2D eigenvalue weighted by Gasteiger charge is -2.00. The Kier molecular flexibility index (Phi) is 1.35. The maximum atomic E-state index is 2.36. The molecule has 0 aliphatic heterocycles. The van der Waals surface area contributed by atoms with Crippen LogP contribution in [0.5, 0.6) is 0 Å². The van der Waals surface area contributed by atoms with Gasteiger partial charge in [-0.2, -0.15) is 0 Å². The summed E-state index contributed by atoms with van der Waals surface area (Å²) in [6.45, 7) is 4.47. The van der Waals surface area contributed by atoms with E-state index in [1.165, 1.54) is 30.5 Å². The smallest absolute Gasteiger partial charge is 0.0209 e. The second-order valence-corrected chi connectivity index (χ2v) is 3.55. The van der Waals surface area contributed by atoms with Crippen LogP contribution in [0.15, 0.2) is 0 Å². The predicted molar refractivity (Wildman–Crippen MR) is 46.9 cm³/mol. The van der Waals surface area contributed by atoms with Crippen molar-refractivity contribution in [3.8, 4) is 0 Å². The van der Waals surface area contributed by atoms with Gasteiger partial charge in [-0.15, -0.1) is 0 Å². The first-order valence-electron chi connectivity index (χ1n) is 4.35. The maximum Gasteiger partial charge on any atom is 0.0209 e. The van der Waals surface area contributed by atoms with Gasteiger partial charge < -0.3 is 4.57 Å². The van der Waals surface area contributed by atoms with Crippen molar-refractivity contribution in [1.82, 2.24) is 4.57 Å². The first-order chi connectivity index (χ1) is 5.22. The molecule has 0 saturated carbocycles. The molecule has 1 aliphatic rings. The van der Waals surface area contributed by atoms with Gasteiger partial charge in [0, 0.05) is 18.4 Å². The fourth-order valence-electron chi connectivity index (χ4n) is 2.17. The van der Waals surface area contributed by atoms with Crippen LogP contribution in [-0.2, 0) is 19.9 Å². The standard InChI is InChI=1S/C10H15N/c1-7-8(2)11(3)10-6-4-5-9(7)10/h4-6H2,1-3H3. The molecule has 0 amide bonds. The van der Waals surface area contributed by atoms with Crippen molar-refractivity contribution in [3.05, 3.63) is 22.5 Å². The molecule has 0 aromatic carbocycles. The summed E-state index contributed by atoms with van der Waals surface area (Å²) in [6.07, 6.45) is 3.96. The maximum absolute atomic E-state index is 2.36. The highest BCUT2D eigenvalue weighted by Gasteiger charge is 2.19. The van der Waals surface area contributed by atoms with Crippen molar-refractivity contribution in [2.24, 2.45) is 7.05 Å². The molecule has 11 heavy (non-hydrogen) atoms. The van der Waals surface area contributed by atoms with Gasteiger partial charge in [-0.1, -0.05) is 0 Å². The average molecular weight is 149 g/mol. The molecule has 1 aromatic heterocycles. The molecular formula is C10H15N. The van der Waals surface area contributed by atoms with Gasteiger partial charge in [-0.05, 0) is 44.2 Å². The molecule has 0 N–H and O–H groups in total. The Hall–Kier alpha value is -0.720. The van der Waals surface area contributed by atoms with Gasteiger partial charge in [0.25, 0.3) is 0 Å². The molecule has 0 atom stereocenters. The minimum atomic E-state index is 1.29. The summed E-state index contributed by atoms with van der Waals surface area (Å²) < 4.78 is 2.36. The van der Waals surface area contributed by atoms with Crippen LogP contribution in [-0.4, -0.2) is 4.57 Å². The Morgan fingerprint density at radius 2 is 1.91 bits per heavy atom. The Labute approximate surface area is 68.0 Å². The van der Waals surface area contributed by atoms with E-state index in [2.05, 4.69) is 25.5 Å². The van der Waals surface area contributed by atoms with E-state index in [-0.39, 0.29) is 0 Å². The van der Waals surface area contributed by atoms with Gasteiger partial charge in [0.1, 0.15) is 0 Å². The molecule has 1 heterocycles. The van der Waals surface area contributed by atoms with E-state index < -0.39 is 0 Å². The SMILES string of the molecule is Cc1c2c(n(C)c1C)CCC2. The van der Waals surface area contributed by atoms with Crippen molar-refractivity contribution in [2.75, 3.05) is 0 Å². The topological polar surface area (TPSA) is 4.93 Å². The summed E-state index contributed by atoms with van der Waals surface area (Å²) in [4.78, 5) is 0. The first-order valence-corrected chi connectivity index (χ1v) is 4.35. The van der Waals surface area contributed by atoms with Crippen LogP contribution >= 0.6 is 0 Å². The van der Waals surface area contributed by atoms with Crippen LogP contribution in [0, 0.1) is 13.8 Å². The summed E-state index contributed by atoms with van der Waals surface area (Å²) in [5.74, 6) is 0. The second kappa shape index (κ2) is 2.13. The average Bonchev–Trinajstić information content (AvgIpc) is 2.53. The zero-order chi connectivity index (χ0) is 8.01. The fourth-order valence-corrected chi connectivity index (χ4v) is 2.17. The summed E-state index contributed by atoms with van der Waals surface area (Å²) in [6, 6.07) is 0. The number of aromatic nitrogens is 1. The van der Waals surface area contributed by atoms with Crippen LogP contribution in [0.1, 0.15) is 28.9 Å². The van der Waals surface area contributed by atoms with E-state index in [1.807, 2.05) is 0 Å². The lowest BCUT2D eigenvalue weighted by Crippen LogP contribution is -1.96. The predicted octanol–water partition coefficient (Wildman–Crippen LogP) is 2.13. The van der Waals surface area contributed by atoms with Gasteiger partial charge >= 0.3 is 0 Å². The molecule has 2 rings (SSSR count). The van der Waals surface area contributed by atoms with Crippen molar-refractivity contribution in [2.45, 2.75) is 33.1 Å². The van der Waals surface area contributed by atoms with Crippen molar-refractivity contribution in [1.29, 1.82) is 0 Å². The number of rotatable bonds is 0. The highest BCUT2D eigenvalue weighted by atomic mass is 15.0. The Morgan fingerprint density at radius 1 is 1.18 bits per heavy atom. The summed E-state index contributed by atoms with van der Waals surface area (Å²) >= 11 is 0. The lowest BCUT2D eigenvalue weighted by molar-refractivity contribution is 0.782. The molecule has 0 radical (unpaired) electrons. The third kappa shape index (κ3) is 0.770. The van der Waals surface area contributed by atoms with E-state index in [1.54, 1.807) is 11.3 Å². The molecule has 0 fully saturated rings. The first kappa shape index (κ1) is 6.96. The Morgan fingerprint density at radius 3 is 2.55 bits per heavy atom. The van der Waals surface area contributed by atoms with Crippen LogP contribution < -0.4 is 0 Å². The van der Waals surface area contributed by atoms with Crippen LogP contribution in [0.2, 0.25) is 0 Å². The lowest BCUT2D eigenvalue weighted by atomic mass is 10.1. The highest BCUT2D eigenvalue weighted by Crippen LogP contribution is 2.28. The molecule has 0 saturated heterocycles. The minimum Gasteiger partial charge on any atom is -0.351 e. The van der Waals surface area contributed by atoms with Gasteiger partial charge in [0.05, 0.1) is 0 Å². The molecule has 0 unspecified atom stereocenters. The largest absolute Gasteiger partial charge is 0.351 e. The van der Waals surface area contributed by atoms with E-state index in [0.29, 0.717) is 0 Å². The van der Waals surface area contributed by atoms with Crippen LogP contribution in [0.3, 0.4) is 0 Å². The van der Waals surface area contributed by atoms with Gasteiger partial charge in [-0.25, -0.2) is 0 Å². The van der Waals surface area contributed by atoms with E-state index in [0.717, 1.165) is 0 Å². The number of hydrogen-bond donors (Lipinski definition) is 0. The van der Waals surface area contributed by atoms with E-state index in [4.69, 9.17) is 0 Å². The Bertz CT molecular complexity index is 267. The molecule has 1 nitrogen and oxygen atoms in total. The quantitative estimate of drug-likeness (QED) is 0.532. The molecule has 60 valence electrons. The molecular weight excluding hydrogens is 134 g/mol. The number of nitrogens with zero attached hydrogens (tertiary/aromatic N) is 1. The van der Waals surface area contributed by atoms with Crippen molar-refractivity contribution >= 4 is 0 Å². The van der Waals surface area contributed by atoms with Gasteiger partial charge in [0.2, 0.25) is 0 Å². The summed E-state index contributed by atoms with van der Waals surface area (Å²) in [5.41, 5.74) is 6.19. The third-order valence-corrected chi connectivity index (χ3v) is 3.09. The fraction of sp³-hybridized carbons (Fsp3) is 0.600.